The van der Waals surface area contributed by atoms with Gasteiger partial charge in [0.2, 0.25) is 9.76 Å². The highest BCUT2D eigenvalue weighted by Gasteiger charge is 2.29. The van der Waals surface area contributed by atoms with Crippen molar-refractivity contribution in [3.8, 4) is 0 Å². The molecule has 0 rings (SSSR count). The molecule has 0 spiro atoms. The van der Waals surface area contributed by atoms with Gasteiger partial charge >= 0.3 is 5.97 Å². The van der Waals surface area contributed by atoms with Crippen LogP contribution >= 0.6 is 0 Å². The first-order chi connectivity index (χ1) is 7.95. The summed E-state index contributed by atoms with van der Waals surface area (Å²) in [4.78, 5) is 0. The lowest BCUT2D eigenvalue weighted by Crippen LogP contribution is -2.41. The van der Waals surface area contributed by atoms with E-state index in [-0.39, 0.29) is 12.0 Å². The number of hydrogen-bond acceptors (Lipinski definition) is 5. The summed E-state index contributed by atoms with van der Waals surface area (Å²) in [5.41, 5.74) is 5.83. The minimum Gasteiger partial charge on any atom is -0.409 e. The summed E-state index contributed by atoms with van der Waals surface area (Å²) >= 11 is 0. The number of hydrogen-bond donors (Lipinski definition) is 1. The lowest BCUT2D eigenvalue weighted by atomic mass is 9.91. The maximum absolute atomic E-state index is 5.66. The summed E-state index contributed by atoms with van der Waals surface area (Å²) in [5.74, 6) is -1.09. The zero-order valence-corrected chi connectivity index (χ0v) is 12.5. The molecule has 0 aliphatic carbocycles. The van der Waals surface area contributed by atoms with Crippen molar-refractivity contribution in [1.29, 1.82) is 0 Å². The van der Waals surface area contributed by atoms with Gasteiger partial charge in [-0.15, -0.1) is 0 Å². The van der Waals surface area contributed by atoms with Crippen LogP contribution in [0.25, 0.3) is 0 Å². The third-order valence-electron chi connectivity index (χ3n) is 2.74. The maximum Gasteiger partial charge on any atom is 0.305 e. The molecule has 17 heavy (non-hydrogen) atoms. The minimum atomic E-state index is -1.09. The summed E-state index contributed by atoms with van der Waals surface area (Å²) in [6, 6.07) is 0.984. The third kappa shape index (κ3) is 6.49. The Morgan fingerprint density at radius 3 is 2.00 bits per heavy atom. The van der Waals surface area contributed by atoms with Crippen LogP contribution in [0, 0.1) is 5.41 Å². The van der Waals surface area contributed by atoms with Crippen LogP contribution in [0.3, 0.4) is 0 Å². The van der Waals surface area contributed by atoms with Crippen LogP contribution in [0.5, 0.6) is 0 Å². The van der Waals surface area contributed by atoms with Gasteiger partial charge in [-0.05, 0) is 24.4 Å². The molecule has 2 radical (unpaired) electrons. The zero-order chi connectivity index (χ0) is 13.4. The van der Waals surface area contributed by atoms with Crippen molar-refractivity contribution in [2.24, 2.45) is 11.1 Å². The van der Waals surface area contributed by atoms with Gasteiger partial charge in [0, 0.05) is 21.3 Å². The molecule has 0 heterocycles. The molecule has 0 aromatic carbocycles. The lowest BCUT2D eigenvalue weighted by Gasteiger charge is -2.28. The van der Waals surface area contributed by atoms with Gasteiger partial charge in [-0.1, -0.05) is 13.8 Å². The molecular weight excluding hydrogens is 238 g/mol. The quantitative estimate of drug-likeness (QED) is 0.362. The van der Waals surface area contributed by atoms with Crippen molar-refractivity contribution in [3.05, 3.63) is 0 Å². The van der Waals surface area contributed by atoms with Crippen LogP contribution in [-0.2, 0) is 18.6 Å². The van der Waals surface area contributed by atoms with E-state index in [4.69, 9.17) is 24.4 Å². The summed E-state index contributed by atoms with van der Waals surface area (Å²) in [6.07, 6.45) is 1.04. The number of nitrogens with two attached hydrogens (primary N) is 1. The standard InChI is InChI=1S/C11H25NO4Si/c1-10(2,8-12)6-7-17-16-9-11(13-3,14-4)15-5/h6-9,12H2,1-5H3. The molecule has 0 aromatic heterocycles. The molecule has 102 valence electrons. The van der Waals surface area contributed by atoms with Crippen LogP contribution in [0.2, 0.25) is 6.04 Å². The van der Waals surface area contributed by atoms with Crippen LogP contribution in [0.1, 0.15) is 20.3 Å². The normalized spacial score (nSPS) is 13.1. The molecule has 0 amide bonds. The largest absolute Gasteiger partial charge is 0.409 e. The van der Waals surface area contributed by atoms with Gasteiger partial charge in [-0.2, -0.15) is 0 Å². The molecule has 0 fully saturated rings. The van der Waals surface area contributed by atoms with Crippen molar-refractivity contribution >= 4 is 9.76 Å². The maximum atomic E-state index is 5.66. The monoisotopic (exact) mass is 263 g/mol. The van der Waals surface area contributed by atoms with E-state index in [0.717, 1.165) is 12.5 Å². The first-order valence-corrected chi connectivity index (χ1v) is 6.77. The van der Waals surface area contributed by atoms with Crippen molar-refractivity contribution in [2.75, 3.05) is 34.5 Å². The molecule has 0 aliphatic rings. The SMILES string of the molecule is COC(CO[Si]CCC(C)(C)CN)(OC)OC. The van der Waals surface area contributed by atoms with Crippen molar-refractivity contribution in [1.82, 2.24) is 0 Å². The van der Waals surface area contributed by atoms with E-state index < -0.39 is 5.97 Å². The Hall–Kier alpha value is 0.0169. The van der Waals surface area contributed by atoms with E-state index in [0.29, 0.717) is 16.3 Å². The molecule has 0 atom stereocenters. The summed E-state index contributed by atoms with van der Waals surface area (Å²) in [6.45, 7) is 5.26. The Kier molecular flexibility index (Phi) is 8.19. The number of methoxy groups -OCH3 is 3. The molecule has 0 unspecified atom stereocenters. The molecule has 6 heteroatoms. The first-order valence-electron chi connectivity index (χ1n) is 5.65. The van der Waals surface area contributed by atoms with Crippen molar-refractivity contribution in [2.45, 2.75) is 32.3 Å². The van der Waals surface area contributed by atoms with Gasteiger partial charge in [0.05, 0.1) is 0 Å². The molecule has 0 aliphatic heterocycles. The summed E-state index contributed by atoms with van der Waals surface area (Å²) in [5, 5.41) is 0. The Morgan fingerprint density at radius 2 is 1.59 bits per heavy atom. The van der Waals surface area contributed by atoms with Crippen molar-refractivity contribution in [3.63, 3.8) is 0 Å². The molecule has 0 bridgehead atoms. The van der Waals surface area contributed by atoms with Crippen LogP contribution < -0.4 is 5.73 Å². The predicted octanol–water partition coefficient (Wildman–Crippen LogP) is 1.01. The second-order valence-corrected chi connectivity index (χ2v) is 5.67. The fraction of sp³-hybridized carbons (Fsp3) is 1.00. The van der Waals surface area contributed by atoms with Crippen molar-refractivity contribution < 1.29 is 18.6 Å². The molecule has 0 aromatic rings. The number of ether oxygens (including phenoxy) is 3. The Bertz CT molecular complexity index is 190. The topological polar surface area (TPSA) is 62.9 Å². The number of rotatable bonds is 10. The van der Waals surface area contributed by atoms with E-state index >= 15 is 0 Å². The van der Waals surface area contributed by atoms with Gasteiger partial charge in [-0.25, -0.2) is 0 Å². The van der Waals surface area contributed by atoms with E-state index in [1.165, 1.54) is 21.3 Å². The zero-order valence-electron chi connectivity index (χ0n) is 11.5. The fourth-order valence-corrected chi connectivity index (χ4v) is 2.33. The van der Waals surface area contributed by atoms with Gasteiger partial charge < -0.3 is 24.4 Å². The summed E-state index contributed by atoms with van der Waals surface area (Å²) < 4.78 is 20.9. The Balaban J connectivity index is 3.77. The molecule has 0 saturated heterocycles. The predicted molar refractivity (Wildman–Crippen MR) is 67.7 cm³/mol. The van der Waals surface area contributed by atoms with Gasteiger partial charge in [0.15, 0.2) is 0 Å². The van der Waals surface area contributed by atoms with E-state index in [1.807, 2.05) is 0 Å². The molecule has 0 saturated carbocycles. The smallest absolute Gasteiger partial charge is 0.305 e. The Morgan fingerprint density at radius 1 is 1.06 bits per heavy atom. The van der Waals surface area contributed by atoms with E-state index in [1.54, 1.807) is 0 Å². The Labute approximate surface area is 107 Å². The summed E-state index contributed by atoms with van der Waals surface area (Å²) in [7, 11) is 4.97. The van der Waals surface area contributed by atoms with Gasteiger partial charge in [-0.3, -0.25) is 0 Å². The second-order valence-electron chi connectivity index (χ2n) is 4.60. The fourth-order valence-electron chi connectivity index (χ4n) is 1.13. The highest BCUT2D eigenvalue weighted by atomic mass is 28.2. The molecule has 5 nitrogen and oxygen atoms in total. The highest BCUT2D eigenvalue weighted by molar-refractivity contribution is 6.27. The third-order valence-corrected chi connectivity index (χ3v) is 3.54. The van der Waals surface area contributed by atoms with E-state index in [2.05, 4.69) is 13.8 Å². The second kappa shape index (κ2) is 8.18. The minimum absolute atomic E-state index is 0.178. The first kappa shape index (κ1) is 17.0. The van der Waals surface area contributed by atoms with Crippen LogP contribution in [0.4, 0.5) is 0 Å². The molecule has 2 N–H and O–H groups in total. The van der Waals surface area contributed by atoms with Crippen LogP contribution in [-0.4, -0.2) is 50.2 Å². The van der Waals surface area contributed by atoms with Gasteiger partial charge in [0.1, 0.15) is 6.61 Å². The average molecular weight is 263 g/mol. The van der Waals surface area contributed by atoms with Gasteiger partial charge in [0.25, 0.3) is 0 Å². The lowest BCUT2D eigenvalue weighted by molar-refractivity contribution is -0.361. The average Bonchev–Trinajstić information content (AvgIpc) is 2.34. The molecular formula is C11H25NO4Si. The highest BCUT2D eigenvalue weighted by Crippen LogP contribution is 2.20. The van der Waals surface area contributed by atoms with Crippen LogP contribution in [0.15, 0.2) is 0 Å². The van der Waals surface area contributed by atoms with E-state index in [9.17, 15) is 0 Å².